The average molecular weight is 438 g/mol. The van der Waals surface area contributed by atoms with Gasteiger partial charge in [-0.1, -0.05) is 60.1 Å². The van der Waals surface area contributed by atoms with Crippen LogP contribution in [0, 0.1) is 5.41 Å². The summed E-state index contributed by atoms with van der Waals surface area (Å²) >= 11 is 3.29. The Hall–Kier alpha value is -1.66. The first-order valence-corrected chi connectivity index (χ1v) is 10.8. The minimum absolute atomic E-state index is 0.212. The maximum absolute atomic E-state index is 12.8. The highest BCUT2D eigenvalue weighted by Gasteiger charge is 2.37. The number of hydrogen-bond acceptors (Lipinski definition) is 3. The Kier molecular flexibility index (Phi) is 5.98. The van der Waals surface area contributed by atoms with Crippen molar-refractivity contribution in [1.82, 2.24) is 5.32 Å². The van der Waals surface area contributed by atoms with Crippen molar-refractivity contribution in [2.45, 2.75) is 38.1 Å². The van der Waals surface area contributed by atoms with E-state index in [4.69, 9.17) is 0 Å². The van der Waals surface area contributed by atoms with Crippen LogP contribution in [0.25, 0.3) is 0 Å². The molecule has 2 aromatic rings. The highest BCUT2D eigenvalue weighted by atomic mass is 79.9. The summed E-state index contributed by atoms with van der Waals surface area (Å²) in [5.41, 5.74) is -0.713. The van der Waals surface area contributed by atoms with Gasteiger partial charge in [-0.25, -0.2) is 8.42 Å². The van der Waals surface area contributed by atoms with Crippen molar-refractivity contribution in [2.24, 2.45) is 5.41 Å². The molecule has 0 aromatic heterocycles. The van der Waals surface area contributed by atoms with E-state index in [1.54, 1.807) is 38.1 Å². The quantitative estimate of drug-likeness (QED) is 0.732. The van der Waals surface area contributed by atoms with E-state index in [1.807, 2.05) is 44.2 Å². The Balaban J connectivity index is 2.18. The monoisotopic (exact) mass is 437 g/mol. The van der Waals surface area contributed by atoms with Gasteiger partial charge in [0.05, 0.1) is 21.6 Å². The van der Waals surface area contributed by atoms with Crippen LogP contribution in [-0.2, 0) is 20.2 Å². The van der Waals surface area contributed by atoms with E-state index in [2.05, 4.69) is 21.2 Å². The molecular weight excluding hydrogens is 414 g/mol. The molecule has 4 nitrogen and oxygen atoms in total. The van der Waals surface area contributed by atoms with Crippen molar-refractivity contribution < 1.29 is 13.2 Å². The first kappa shape index (κ1) is 20.6. The molecule has 0 aliphatic carbocycles. The zero-order chi connectivity index (χ0) is 19.6. The maximum atomic E-state index is 12.8. The lowest BCUT2D eigenvalue weighted by molar-refractivity contribution is -0.130. The zero-order valence-corrected chi connectivity index (χ0v) is 17.8. The van der Waals surface area contributed by atoms with Gasteiger partial charge in [0.1, 0.15) is 0 Å². The number of rotatable bonds is 6. The van der Waals surface area contributed by atoms with Gasteiger partial charge in [0.15, 0.2) is 9.84 Å². The molecule has 0 heterocycles. The van der Waals surface area contributed by atoms with E-state index in [9.17, 15) is 13.2 Å². The second kappa shape index (κ2) is 7.53. The number of sulfone groups is 1. The van der Waals surface area contributed by atoms with Gasteiger partial charge in [0, 0.05) is 4.47 Å². The summed E-state index contributed by atoms with van der Waals surface area (Å²) < 4.78 is 26.2. The van der Waals surface area contributed by atoms with E-state index in [-0.39, 0.29) is 16.6 Å². The van der Waals surface area contributed by atoms with Crippen LogP contribution < -0.4 is 5.32 Å². The highest BCUT2D eigenvalue weighted by Crippen LogP contribution is 2.27. The number of nitrogens with one attached hydrogen (secondary N) is 1. The second-order valence-electron chi connectivity index (χ2n) is 7.54. The number of carbonyl (C=O) groups excluding carboxylic acids is 1. The Morgan fingerprint density at radius 3 is 2.04 bits per heavy atom. The molecule has 0 fully saturated rings. The SMILES string of the molecule is CC(C)(CS(=O)(=O)c1ccc(Br)cc1)C(=O)NC(C)(C)c1ccccc1. The molecule has 0 bridgehead atoms. The van der Waals surface area contributed by atoms with E-state index < -0.39 is 20.8 Å². The standard InChI is InChI=1S/C20H24BrNO3S/c1-19(2,14-26(24,25)17-12-10-16(21)11-13-17)18(23)22-20(3,4)15-8-6-5-7-9-15/h5-13H,14H2,1-4H3,(H,22,23). The molecule has 0 spiro atoms. The number of carbonyl (C=O) groups is 1. The minimum Gasteiger partial charge on any atom is -0.347 e. The van der Waals surface area contributed by atoms with Crippen LogP contribution in [0.5, 0.6) is 0 Å². The van der Waals surface area contributed by atoms with Crippen LogP contribution in [0.15, 0.2) is 64.0 Å². The molecule has 0 atom stereocenters. The summed E-state index contributed by atoms with van der Waals surface area (Å²) in [4.78, 5) is 13.0. The lowest BCUT2D eigenvalue weighted by Crippen LogP contribution is -2.49. The van der Waals surface area contributed by atoms with Gasteiger partial charge < -0.3 is 5.32 Å². The van der Waals surface area contributed by atoms with Crippen LogP contribution in [-0.4, -0.2) is 20.1 Å². The molecule has 0 aliphatic rings. The van der Waals surface area contributed by atoms with Crippen molar-refractivity contribution in [3.8, 4) is 0 Å². The van der Waals surface area contributed by atoms with Gasteiger partial charge >= 0.3 is 0 Å². The summed E-state index contributed by atoms with van der Waals surface area (Å²) in [6.45, 7) is 7.11. The Labute approximate surface area is 164 Å². The number of hydrogen-bond donors (Lipinski definition) is 1. The van der Waals surface area contributed by atoms with Crippen molar-refractivity contribution in [3.05, 3.63) is 64.6 Å². The first-order chi connectivity index (χ1) is 11.9. The van der Waals surface area contributed by atoms with Gasteiger partial charge in [-0.15, -0.1) is 0 Å². The van der Waals surface area contributed by atoms with E-state index in [0.717, 1.165) is 10.0 Å². The van der Waals surface area contributed by atoms with Gasteiger partial charge in [0.2, 0.25) is 5.91 Å². The van der Waals surface area contributed by atoms with E-state index in [1.165, 1.54) is 0 Å². The summed E-state index contributed by atoms with van der Waals surface area (Å²) in [5.74, 6) is -0.565. The summed E-state index contributed by atoms with van der Waals surface area (Å²) in [6.07, 6.45) is 0. The third-order valence-corrected chi connectivity index (χ3v) is 6.88. The van der Waals surface area contributed by atoms with Crippen molar-refractivity contribution in [2.75, 3.05) is 5.75 Å². The van der Waals surface area contributed by atoms with Crippen molar-refractivity contribution in [1.29, 1.82) is 0 Å². The van der Waals surface area contributed by atoms with Gasteiger partial charge in [-0.05, 0) is 43.7 Å². The van der Waals surface area contributed by atoms with Gasteiger partial charge in [0.25, 0.3) is 0 Å². The summed E-state index contributed by atoms with van der Waals surface area (Å²) in [5, 5.41) is 2.99. The predicted molar refractivity (Wildman–Crippen MR) is 108 cm³/mol. The fourth-order valence-corrected chi connectivity index (χ4v) is 4.71. The molecular formula is C20H24BrNO3S. The molecule has 2 rings (SSSR count). The molecule has 26 heavy (non-hydrogen) atoms. The molecule has 0 unspecified atom stereocenters. The van der Waals surface area contributed by atoms with Crippen LogP contribution in [0.1, 0.15) is 33.3 Å². The molecule has 140 valence electrons. The van der Waals surface area contributed by atoms with Gasteiger partial charge in [-0.2, -0.15) is 0 Å². The smallest absolute Gasteiger partial charge is 0.227 e. The number of benzene rings is 2. The number of amides is 1. The van der Waals surface area contributed by atoms with E-state index in [0.29, 0.717) is 0 Å². The topological polar surface area (TPSA) is 63.2 Å². The van der Waals surface area contributed by atoms with Gasteiger partial charge in [-0.3, -0.25) is 4.79 Å². The largest absolute Gasteiger partial charge is 0.347 e. The molecule has 6 heteroatoms. The first-order valence-electron chi connectivity index (χ1n) is 8.30. The zero-order valence-electron chi connectivity index (χ0n) is 15.4. The van der Waals surface area contributed by atoms with Crippen LogP contribution in [0.2, 0.25) is 0 Å². The fraction of sp³-hybridized carbons (Fsp3) is 0.350. The van der Waals surface area contributed by atoms with E-state index >= 15 is 0 Å². The minimum atomic E-state index is -3.58. The average Bonchev–Trinajstić information content (AvgIpc) is 2.54. The summed E-state index contributed by atoms with van der Waals surface area (Å²) in [7, 11) is -3.58. The molecule has 1 amide bonds. The molecule has 0 saturated carbocycles. The predicted octanol–water partition coefficient (Wildman–Crippen LogP) is 4.30. The Morgan fingerprint density at radius 1 is 0.962 bits per heavy atom. The Bertz CT molecular complexity index is 873. The molecule has 0 aliphatic heterocycles. The third-order valence-electron chi connectivity index (χ3n) is 4.26. The van der Waals surface area contributed by atoms with Crippen LogP contribution >= 0.6 is 15.9 Å². The lowest BCUT2D eigenvalue weighted by atomic mass is 9.89. The highest BCUT2D eigenvalue weighted by molar-refractivity contribution is 9.10. The second-order valence-corrected chi connectivity index (χ2v) is 10.4. The van der Waals surface area contributed by atoms with Crippen molar-refractivity contribution >= 4 is 31.7 Å². The van der Waals surface area contributed by atoms with Crippen LogP contribution in [0.3, 0.4) is 0 Å². The molecule has 0 saturated heterocycles. The molecule has 0 radical (unpaired) electrons. The Morgan fingerprint density at radius 2 is 1.50 bits per heavy atom. The molecule has 2 aromatic carbocycles. The normalized spacial score (nSPS) is 12.7. The molecule has 1 N–H and O–H groups in total. The number of halogens is 1. The third kappa shape index (κ3) is 4.95. The maximum Gasteiger partial charge on any atom is 0.227 e. The van der Waals surface area contributed by atoms with Crippen molar-refractivity contribution in [3.63, 3.8) is 0 Å². The van der Waals surface area contributed by atoms with Crippen LogP contribution in [0.4, 0.5) is 0 Å². The lowest BCUT2D eigenvalue weighted by Gasteiger charge is -2.32. The fourth-order valence-electron chi connectivity index (χ4n) is 2.65. The summed E-state index contributed by atoms with van der Waals surface area (Å²) in [6, 6.07) is 16.0.